The summed E-state index contributed by atoms with van der Waals surface area (Å²) in [6, 6.07) is 3.52. The van der Waals surface area contributed by atoms with Gasteiger partial charge in [-0.1, -0.05) is 19.8 Å². The Labute approximate surface area is 127 Å². The standard InChI is InChI=1S/C16H26N2O3/c1-5-8-11-16(4,21-7-3)15(19)18-13-9-10-14(17-12-13)20-6-2/h9-10,12H,5-8,11H2,1-4H3,(H,18,19). The molecule has 0 aromatic carbocycles. The number of nitrogens with zero attached hydrogens (tertiary/aromatic N) is 1. The first-order chi connectivity index (χ1) is 10.1. The van der Waals surface area contributed by atoms with Crippen molar-refractivity contribution in [2.45, 2.75) is 52.6 Å². The van der Waals surface area contributed by atoms with Gasteiger partial charge in [0.05, 0.1) is 18.5 Å². The fourth-order valence-corrected chi connectivity index (χ4v) is 2.03. The highest BCUT2D eigenvalue weighted by atomic mass is 16.5. The van der Waals surface area contributed by atoms with Crippen LogP contribution in [0.4, 0.5) is 5.69 Å². The minimum Gasteiger partial charge on any atom is -0.478 e. The number of ether oxygens (including phenoxy) is 2. The van der Waals surface area contributed by atoms with Crippen molar-refractivity contribution in [2.24, 2.45) is 0 Å². The maximum Gasteiger partial charge on any atom is 0.256 e. The molecule has 0 spiro atoms. The van der Waals surface area contributed by atoms with Crippen LogP contribution in [0.3, 0.4) is 0 Å². The molecule has 1 unspecified atom stereocenters. The van der Waals surface area contributed by atoms with Crippen molar-refractivity contribution in [3.63, 3.8) is 0 Å². The first kappa shape index (κ1) is 17.4. The number of aromatic nitrogens is 1. The molecule has 5 heteroatoms. The third kappa shape index (κ3) is 5.34. The molecule has 0 aliphatic rings. The number of carbonyl (C=O) groups is 1. The highest BCUT2D eigenvalue weighted by Gasteiger charge is 2.33. The topological polar surface area (TPSA) is 60.5 Å². The zero-order valence-corrected chi connectivity index (χ0v) is 13.4. The van der Waals surface area contributed by atoms with Gasteiger partial charge in [0, 0.05) is 12.7 Å². The molecule has 0 saturated carbocycles. The van der Waals surface area contributed by atoms with Gasteiger partial charge in [0.15, 0.2) is 0 Å². The summed E-state index contributed by atoms with van der Waals surface area (Å²) in [5, 5.41) is 2.86. The second kappa shape index (κ2) is 8.62. The predicted molar refractivity (Wildman–Crippen MR) is 83.6 cm³/mol. The fourth-order valence-electron chi connectivity index (χ4n) is 2.03. The van der Waals surface area contributed by atoms with Gasteiger partial charge in [-0.25, -0.2) is 4.98 Å². The maximum absolute atomic E-state index is 12.4. The average molecular weight is 294 g/mol. The maximum atomic E-state index is 12.4. The predicted octanol–water partition coefficient (Wildman–Crippen LogP) is 3.40. The molecule has 1 aromatic heterocycles. The molecule has 1 aromatic rings. The molecule has 0 bridgehead atoms. The third-order valence-electron chi connectivity index (χ3n) is 3.24. The van der Waals surface area contributed by atoms with E-state index in [1.54, 1.807) is 18.3 Å². The van der Waals surface area contributed by atoms with Crippen LogP contribution in [0.15, 0.2) is 18.3 Å². The Morgan fingerprint density at radius 2 is 2.05 bits per heavy atom. The number of amides is 1. The molecule has 0 aliphatic carbocycles. The molecule has 118 valence electrons. The highest BCUT2D eigenvalue weighted by Crippen LogP contribution is 2.22. The van der Waals surface area contributed by atoms with Crippen LogP contribution in [0.1, 0.15) is 47.0 Å². The molecule has 1 N–H and O–H groups in total. The number of hydrogen-bond donors (Lipinski definition) is 1. The largest absolute Gasteiger partial charge is 0.478 e. The van der Waals surface area contributed by atoms with E-state index in [1.807, 2.05) is 20.8 Å². The number of anilines is 1. The van der Waals surface area contributed by atoms with Gasteiger partial charge in [-0.3, -0.25) is 4.79 Å². The zero-order valence-electron chi connectivity index (χ0n) is 13.4. The molecule has 1 rings (SSSR count). The molecular formula is C16H26N2O3. The van der Waals surface area contributed by atoms with Crippen molar-refractivity contribution >= 4 is 11.6 Å². The summed E-state index contributed by atoms with van der Waals surface area (Å²) in [5.41, 5.74) is -0.158. The Hall–Kier alpha value is -1.62. The van der Waals surface area contributed by atoms with Crippen LogP contribution in [-0.2, 0) is 9.53 Å². The lowest BCUT2D eigenvalue weighted by atomic mass is 9.97. The summed E-state index contributed by atoms with van der Waals surface area (Å²) < 4.78 is 10.9. The van der Waals surface area contributed by atoms with E-state index in [4.69, 9.17) is 9.47 Å². The molecule has 1 atom stereocenters. The lowest BCUT2D eigenvalue weighted by Gasteiger charge is -2.28. The van der Waals surface area contributed by atoms with Crippen molar-refractivity contribution in [2.75, 3.05) is 18.5 Å². The van der Waals surface area contributed by atoms with Gasteiger partial charge < -0.3 is 14.8 Å². The second-order valence-corrected chi connectivity index (χ2v) is 5.04. The van der Waals surface area contributed by atoms with E-state index in [1.165, 1.54) is 0 Å². The lowest BCUT2D eigenvalue weighted by molar-refractivity contribution is -0.139. The molecule has 0 radical (unpaired) electrons. The van der Waals surface area contributed by atoms with Gasteiger partial charge in [0.2, 0.25) is 5.88 Å². The van der Waals surface area contributed by atoms with Gasteiger partial charge in [0.1, 0.15) is 5.60 Å². The van der Waals surface area contributed by atoms with Crippen LogP contribution >= 0.6 is 0 Å². The number of pyridine rings is 1. The first-order valence-electron chi connectivity index (χ1n) is 7.60. The summed E-state index contributed by atoms with van der Waals surface area (Å²) >= 11 is 0. The number of carbonyl (C=O) groups excluding carboxylic acids is 1. The van der Waals surface area contributed by atoms with Gasteiger partial charge in [0.25, 0.3) is 5.91 Å². The number of hydrogen-bond acceptors (Lipinski definition) is 4. The van der Waals surface area contributed by atoms with Crippen LogP contribution in [0.25, 0.3) is 0 Å². The van der Waals surface area contributed by atoms with Crippen molar-refractivity contribution in [3.8, 4) is 5.88 Å². The summed E-state index contributed by atoms with van der Waals surface area (Å²) in [6.45, 7) is 8.81. The fraction of sp³-hybridized carbons (Fsp3) is 0.625. The Balaban J connectivity index is 2.71. The number of rotatable bonds is 9. The highest BCUT2D eigenvalue weighted by molar-refractivity contribution is 5.96. The molecule has 1 heterocycles. The molecule has 1 amide bonds. The number of unbranched alkanes of at least 4 members (excludes halogenated alkanes) is 1. The molecule has 21 heavy (non-hydrogen) atoms. The van der Waals surface area contributed by atoms with E-state index in [0.29, 0.717) is 31.2 Å². The minimum absolute atomic E-state index is 0.135. The Bertz CT molecular complexity index is 434. The smallest absolute Gasteiger partial charge is 0.256 e. The van der Waals surface area contributed by atoms with E-state index in [9.17, 15) is 4.79 Å². The van der Waals surface area contributed by atoms with Crippen molar-refractivity contribution in [1.29, 1.82) is 0 Å². The monoisotopic (exact) mass is 294 g/mol. The number of nitrogens with one attached hydrogen (secondary N) is 1. The van der Waals surface area contributed by atoms with E-state index in [0.717, 1.165) is 12.8 Å². The quantitative estimate of drug-likeness (QED) is 0.758. The molecule has 0 saturated heterocycles. The van der Waals surface area contributed by atoms with E-state index < -0.39 is 5.60 Å². The lowest BCUT2D eigenvalue weighted by Crippen LogP contribution is -2.42. The Morgan fingerprint density at radius 1 is 1.29 bits per heavy atom. The van der Waals surface area contributed by atoms with Crippen LogP contribution < -0.4 is 10.1 Å². The van der Waals surface area contributed by atoms with Crippen LogP contribution in [0.5, 0.6) is 5.88 Å². The van der Waals surface area contributed by atoms with Crippen LogP contribution in [0.2, 0.25) is 0 Å². The van der Waals surface area contributed by atoms with E-state index in [2.05, 4.69) is 17.2 Å². The molecular weight excluding hydrogens is 268 g/mol. The first-order valence-corrected chi connectivity index (χ1v) is 7.60. The minimum atomic E-state index is -0.802. The van der Waals surface area contributed by atoms with Crippen LogP contribution in [-0.4, -0.2) is 29.7 Å². The van der Waals surface area contributed by atoms with Gasteiger partial charge in [-0.05, 0) is 33.3 Å². The van der Waals surface area contributed by atoms with Gasteiger partial charge >= 0.3 is 0 Å². The summed E-state index contributed by atoms with van der Waals surface area (Å²) in [7, 11) is 0. The Kier molecular flexibility index (Phi) is 7.15. The van der Waals surface area contributed by atoms with Gasteiger partial charge in [-0.15, -0.1) is 0 Å². The summed E-state index contributed by atoms with van der Waals surface area (Å²) in [4.78, 5) is 16.6. The summed E-state index contributed by atoms with van der Waals surface area (Å²) in [6.07, 6.45) is 4.27. The SMILES string of the molecule is CCCCC(C)(OCC)C(=O)Nc1ccc(OCC)nc1. The second-order valence-electron chi connectivity index (χ2n) is 5.04. The van der Waals surface area contributed by atoms with Crippen molar-refractivity contribution in [3.05, 3.63) is 18.3 Å². The Morgan fingerprint density at radius 3 is 2.57 bits per heavy atom. The molecule has 0 fully saturated rings. The summed E-state index contributed by atoms with van der Waals surface area (Å²) in [5.74, 6) is 0.415. The van der Waals surface area contributed by atoms with Crippen molar-refractivity contribution in [1.82, 2.24) is 4.98 Å². The zero-order chi connectivity index (χ0) is 15.7. The normalized spacial score (nSPS) is 13.5. The molecule has 5 nitrogen and oxygen atoms in total. The van der Waals surface area contributed by atoms with Crippen molar-refractivity contribution < 1.29 is 14.3 Å². The van der Waals surface area contributed by atoms with E-state index in [-0.39, 0.29) is 5.91 Å². The van der Waals surface area contributed by atoms with Gasteiger partial charge in [-0.2, -0.15) is 0 Å². The molecule has 0 aliphatic heterocycles. The third-order valence-corrected chi connectivity index (χ3v) is 3.24. The van der Waals surface area contributed by atoms with E-state index >= 15 is 0 Å². The van der Waals surface area contributed by atoms with Crippen LogP contribution in [0, 0.1) is 0 Å². The average Bonchev–Trinajstić information content (AvgIpc) is 2.47.